The molecule has 1 aromatic carbocycles. The van der Waals surface area contributed by atoms with Crippen LogP contribution in [-0.2, 0) is 19.6 Å². The van der Waals surface area contributed by atoms with Gasteiger partial charge in [-0.15, -0.1) is 0 Å². The van der Waals surface area contributed by atoms with Crippen molar-refractivity contribution in [1.29, 1.82) is 0 Å². The van der Waals surface area contributed by atoms with Crippen molar-refractivity contribution in [3.63, 3.8) is 0 Å². The first-order chi connectivity index (χ1) is 13.6. The third-order valence-electron chi connectivity index (χ3n) is 4.73. The van der Waals surface area contributed by atoms with E-state index in [0.29, 0.717) is 25.3 Å². The molecule has 29 heavy (non-hydrogen) atoms. The van der Waals surface area contributed by atoms with E-state index >= 15 is 0 Å². The first kappa shape index (κ1) is 23.3. The van der Waals surface area contributed by atoms with Gasteiger partial charge in [0.05, 0.1) is 10.8 Å². The van der Waals surface area contributed by atoms with Crippen LogP contribution in [0, 0.1) is 11.8 Å². The second-order valence-electron chi connectivity index (χ2n) is 8.16. The molecule has 1 aromatic rings. The predicted molar refractivity (Wildman–Crippen MR) is 113 cm³/mol. The second-order valence-corrected chi connectivity index (χ2v) is 9.92. The van der Waals surface area contributed by atoms with Gasteiger partial charge in [-0.3, -0.25) is 9.59 Å². The second kappa shape index (κ2) is 10.2. The van der Waals surface area contributed by atoms with Crippen molar-refractivity contribution in [2.45, 2.75) is 31.6 Å². The van der Waals surface area contributed by atoms with Crippen LogP contribution >= 0.6 is 0 Å². The zero-order chi connectivity index (χ0) is 21.6. The molecule has 1 heterocycles. The van der Waals surface area contributed by atoms with Crippen molar-refractivity contribution in [2.75, 3.05) is 45.6 Å². The third-order valence-corrected chi connectivity index (χ3v) is 6.17. The number of likely N-dealkylation sites (tertiary alicyclic amines) is 1. The highest BCUT2D eigenvalue weighted by Gasteiger charge is 2.34. The Kier molecular flexibility index (Phi) is 8.18. The van der Waals surface area contributed by atoms with Gasteiger partial charge in [0, 0.05) is 31.7 Å². The number of rotatable bonds is 10. The van der Waals surface area contributed by atoms with Gasteiger partial charge in [-0.25, -0.2) is 13.1 Å². The molecule has 0 aromatic heterocycles. The lowest BCUT2D eigenvalue weighted by atomic mass is 10.1. The number of anilines is 1. The molecule has 1 atom stereocenters. The van der Waals surface area contributed by atoms with Gasteiger partial charge in [-0.1, -0.05) is 13.8 Å². The largest absolute Gasteiger partial charge is 0.342 e. The SMILES string of the molecule is CC(C)CNS(=O)(=O)c1ccc(NC(=O)C2CC(=O)N(CCCN(C)C)C2)cc1. The zero-order valence-electron chi connectivity index (χ0n) is 17.6. The molecule has 1 fully saturated rings. The number of benzene rings is 1. The molecule has 0 aliphatic carbocycles. The Morgan fingerprint density at radius 1 is 1.24 bits per heavy atom. The normalized spacial score (nSPS) is 17.4. The third kappa shape index (κ3) is 7.09. The number of carbonyl (C=O) groups is 2. The maximum absolute atomic E-state index is 12.5. The van der Waals surface area contributed by atoms with E-state index in [1.807, 2.05) is 27.9 Å². The average molecular weight is 425 g/mol. The Morgan fingerprint density at radius 2 is 1.90 bits per heavy atom. The van der Waals surface area contributed by atoms with Gasteiger partial charge in [0.15, 0.2) is 0 Å². The summed E-state index contributed by atoms with van der Waals surface area (Å²) in [6, 6.07) is 6.05. The molecule has 0 bridgehead atoms. The number of hydrogen-bond acceptors (Lipinski definition) is 5. The maximum Gasteiger partial charge on any atom is 0.240 e. The summed E-state index contributed by atoms with van der Waals surface area (Å²) in [5.41, 5.74) is 0.510. The molecule has 0 spiro atoms. The Balaban J connectivity index is 1.90. The van der Waals surface area contributed by atoms with Crippen LogP contribution in [0.3, 0.4) is 0 Å². The summed E-state index contributed by atoms with van der Waals surface area (Å²) in [4.78, 5) is 28.6. The van der Waals surface area contributed by atoms with E-state index < -0.39 is 15.9 Å². The van der Waals surface area contributed by atoms with Crippen LogP contribution in [0.25, 0.3) is 0 Å². The molecular weight excluding hydrogens is 392 g/mol. The van der Waals surface area contributed by atoms with Crippen molar-refractivity contribution >= 4 is 27.5 Å². The van der Waals surface area contributed by atoms with Gasteiger partial charge in [0.1, 0.15) is 0 Å². The summed E-state index contributed by atoms with van der Waals surface area (Å²) in [5, 5.41) is 2.79. The lowest BCUT2D eigenvalue weighted by molar-refractivity contribution is -0.128. The van der Waals surface area contributed by atoms with E-state index in [9.17, 15) is 18.0 Å². The van der Waals surface area contributed by atoms with E-state index in [-0.39, 0.29) is 29.0 Å². The summed E-state index contributed by atoms with van der Waals surface area (Å²) in [6.07, 6.45) is 1.08. The summed E-state index contributed by atoms with van der Waals surface area (Å²) in [5.74, 6) is -0.401. The highest BCUT2D eigenvalue weighted by atomic mass is 32.2. The lowest BCUT2D eigenvalue weighted by Crippen LogP contribution is -2.30. The molecule has 1 aliphatic rings. The van der Waals surface area contributed by atoms with Crippen molar-refractivity contribution in [3.05, 3.63) is 24.3 Å². The van der Waals surface area contributed by atoms with Crippen LogP contribution < -0.4 is 10.0 Å². The van der Waals surface area contributed by atoms with E-state index in [1.54, 1.807) is 17.0 Å². The molecule has 2 rings (SSSR count). The van der Waals surface area contributed by atoms with Crippen LogP contribution in [0.5, 0.6) is 0 Å². The molecule has 1 saturated heterocycles. The minimum absolute atomic E-state index is 0.00146. The Morgan fingerprint density at radius 3 is 2.48 bits per heavy atom. The minimum atomic E-state index is -3.56. The van der Waals surface area contributed by atoms with Crippen LogP contribution in [0.1, 0.15) is 26.7 Å². The average Bonchev–Trinajstić information content (AvgIpc) is 3.01. The smallest absolute Gasteiger partial charge is 0.240 e. The van der Waals surface area contributed by atoms with Gasteiger partial charge in [-0.2, -0.15) is 0 Å². The van der Waals surface area contributed by atoms with E-state index in [0.717, 1.165) is 13.0 Å². The zero-order valence-corrected chi connectivity index (χ0v) is 18.5. The molecule has 9 heteroatoms. The summed E-state index contributed by atoms with van der Waals surface area (Å²) < 4.78 is 27.0. The van der Waals surface area contributed by atoms with E-state index in [4.69, 9.17) is 0 Å². The van der Waals surface area contributed by atoms with E-state index in [2.05, 4.69) is 14.9 Å². The fraction of sp³-hybridized carbons (Fsp3) is 0.600. The molecular formula is C20H32N4O4S. The molecule has 162 valence electrons. The topological polar surface area (TPSA) is 98.8 Å². The fourth-order valence-corrected chi connectivity index (χ4v) is 4.28. The van der Waals surface area contributed by atoms with Gasteiger partial charge in [0.25, 0.3) is 0 Å². The van der Waals surface area contributed by atoms with Crippen molar-refractivity contribution < 1.29 is 18.0 Å². The number of carbonyl (C=O) groups excluding carboxylic acids is 2. The number of sulfonamides is 1. The molecule has 1 unspecified atom stereocenters. The van der Waals surface area contributed by atoms with E-state index in [1.165, 1.54) is 12.1 Å². The van der Waals surface area contributed by atoms with Crippen molar-refractivity contribution in [3.8, 4) is 0 Å². The molecule has 2 amide bonds. The van der Waals surface area contributed by atoms with Gasteiger partial charge >= 0.3 is 0 Å². The van der Waals surface area contributed by atoms with Crippen LogP contribution in [0.2, 0.25) is 0 Å². The monoisotopic (exact) mass is 424 g/mol. The maximum atomic E-state index is 12.5. The quantitative estimate of drug-likeness (QED) is 0.591. The Bertz CT molecular complexity index is 806. The highest BCUT2D eigenvalue weighted by molar-refractivity contribution is 7.89. The first-order valence-corrected chi connectivity index (χ1v) is 11.4. The number of nitrogens with zero attached hydrogens (tertiary/aromatic N) is 2. The van der Waals surface area contributed by atoms with Crippen molar-refractivity contribution in [2.24, 2.45) is 11.8 Å². The van der Waals surface area contributed by atoms with Gasteiger partial charge in [-0.05, 0) is 57.2 Å². The number of nitrogens with one attached hydrogen (secondary N) is 2. The Hall–Kier alpha value is -1.97. The first-order valence-electron chi connectivity index (χ1n) is 9.91. The molecule has 0 saturated carbocycles. The lowest BCUT2D eigenvalue weighted by Gasteiger charge is -2.18. The summed E-state index contributed by atoms with van der Waals surface area (Å²) in [6.45, 7) is 6.18. The van der Waals surface area contributed by atoms with Crippen LogP contribution in [-0.4, -0.2) is 70.3 Å². The molecule has 0 radical (unpaired) electrons. The van der Waals surface area contributed by atoms with Crippen LogP contribution in [0.15, 0.2) is 29.2 Å². The summed E-state index contributed by atoms with van der Waals surface area (Å²) >= 11 is 0. The molecule has 2 N–H and O–H groups in total. The molecule has 8 nitrogen and oxygen atoms in total. The van der Waals surface area contributed by atoms with Crippen LogP contribution in [0.4, 0.5) is 5.69 Å². The standard InChI is InChI=1S/C20H32N4O4S/c1-15(2)13-21-29(27,28)18-8-6-17(7-9-18)22-20(26)16-12-19(25)24(14-16)11-5-10-23(3)4/h6-9,15-16,21H,5,10-14H2,1-4H3,(H,22,26). The predicted octanol–water partition coefficient (Wildman–Crippen LogP) is 1.36. The van der Waals surface area contributed by atoms with Gasteiger partial charge < -0.3 is 15.1 Å². The molecule has 1 aliphatic heterocycles. The van der Waals surface area contributed by atoms with Gasteiger partial charge in [0.2, 0.25) is 21.8 Å². The summed E-state index contributed by atoms with van der Waals surface area (Å²) in [7, 11) is 0.407. The Labute approximate surface area is 173 Å². The fourth-order valence-electron chi connectivity index (χ4n) is 3.06. The van der Waals surface area contributed by atoms with Crippen molar-refractivity contribution in [1.82, 2.24) is 14.5 Å². The number of amides is 2. The number of hydrogen-bond donors (Lipinski definition) is 2. The highest BCUT2D eigenvalue weighted by Crippen LogP contribution is 2.21. The minimum Gasteiger partial charge on any atom is -0.342 e.